The summed E-state index contributed by atoms with van der Waals surface area (Å²) in [6.45, 7) is 7.26. The predicted molar refractivity (Wildman–Crippen MR) is 243 cm³/mol. The number of aromatic nitrogens is 1. The largest absolute Gasteiger partial charge is 0.497 e. The Morgan fingerprint density at radius 3 is 2.34 bits per heavy atom. The van der Waals surface area contributed by atoms with Crippen LogP contribution in [-0.4, -0.2) is 109 Å². The Hall–Kier alpha value is -5.66. The fourth-order valence-corrected chi connectivity index (χ4v) is 10.3. The number of benzene rings is 2. The maximum Gasteiger partial charge on any atom is 0.427 e. The van der Waals surface area contributed by atoms with Crippen molar-refractivity contribution in [2.45, 2.75) is 133 Å². The van der Waals surface area contributed by atoms with Crippen LogP contribution >= 0.6 is 0 Å². The monoisotopic (exact) mass is 973 g/mol. The van der Waals surface area contributed by atoms with E-state index in [1.807, 2.05) is 49.8 Å². The van der Waals surface area contributed by atoms with E-state index in [2.05, 4.69) is 10.6 Å². The molecule has 7 atom stereocenters. The van der Waals surface area contributed by atoms with E-state index in [1.54, 1.807) is 43.3 Å². The summed E-state index contributed by atoms with van der Waals surface area (Å²) in [5, 5.41) is 6.37. The zero-order chi connectivity index (χ0) is 49.6. The quantitative estimate of drug-likeness (QED) is 0.122. The van der Waals surface area contributed by atoms with Crippen LogP contribution in [0.15, 0.2) is 60.7 Å². The summed E-state index contributed by atoms with van der Waals surface area (Å²) >= 11 is 0. The minimum Gasteiger partial charge on any atom is -0.497 e. The number of nitrogens with one attached hydrogen (secondary N) is 3. The van der Waals surface area contributed by atoms with E-state index >= 15 is 4.79 Å². The van der Waals surface area contributed by atoms with E-state index in [-0.39, 0.29) is 50.1 Å². The van der Waals surface area contributed by atoms with Crippen LogP contribution in [0.4, 0.5) is 22.4 Å². The number of amides is 4. The molecule has 0 radical (unpaired) electrons. The molecule has 0 spiro atoms. The zero-order valence-corrected chi connectivity index (χ0v) is 39.9. The maximum absolute atomic E-state index is 15.0. The van der Waals surface area contributed by atoms with E-state index < -0.39 is 92.6 Å². The van der Waals surface area contributed by atoms with Crippen molar-refractivity contribution in [3.05, 3.63) is 60.7 Å². The van der Waals surface area contributed by atoms with Gasteiger partial charge in [-0.15, -0.1) is 0 Å². The van der Waals surface area contributed by atoms with Gasteiger partial charge in [-0.3, -0.25) is 19.1 Å². The second-order valence-corrected chi connectivity index (χ2v) is 21.5. The molecule has 20 heteroatoms. The molecule has 1 aromatic heterocycles. The molecule has 3 aromatic rings. The second-order valence-electron chi connectivity index (χ2n) is 19.4. The van der Waals surface area contributed by atoms with Gasteiger partial charge in [-0.1, -0.05) is 26.0 Å². The van der Waals surface area contributed by atoms with Gasteiger partial charge in [0.15, 0.2) is 0 Å². The number of rotatable bonds is 12. The average molecular weight is 974 g/mol. The van der Waals surface area contributed by atoms with E-state index in [0.717, 1.165) is 4.90 Å². The van der Waals surface area contributed by atoms with Crippen LogP contribution in [-0.2, 0) is 29.1 Å². The molecular formula is C48H59F4N5O10S. The maximum atomic E-state index is 15.0. The number of fused-ring (bicyclic) bond motifs is 3. The molecule has 3 N–H and O–H groups in total. The van der Waals surface area contributed by atoms with Crippen LogP contribution in [0.5, 0.6) is 17.4 Å². The number of carbonyl (C=O) groups excluding carboxylic acids is 4. The number of carbonyl (C=O) groups is 4. The van der Waals surface area contributed by atoms with Gasteiger partial charge in [0.05, 0.1) is 25.5 Å². The summed E-state index contributed by atoms with van der Waals surface area (Å²) in [6, 6.07) is 11.4. The van der Waals surface area contributed by atoms with Crippen molar-refractivity contribution in [1.29, 1.82) is 0 Å². The molecule has 15 nitrogen and oxygen atoms in total. The van der Waals surface area contributed by atoms with Crippen LogP contribution < -0.4 is 29.6 Å². The molecule has 2 saturated carbocycles. The number of sulfonamides is 1. The smallest absolute Gasteiger partial charge is 0.427 e. The first-order valence-corrected chi connectivity index (χ1v) is 24.3. The summed E-state index contributed by atoms with van der Waals surface area (Å²) in [5.41, 5.74) is -3.52. The van der Waals surface area contributed by atoms with Gasteiger partial charge < -0.3 is 34.5 Å². The van der Waals surface area contributed by atoms with E-state index in [4.69, 9.17) is 23.9 Å². The predicted octanol–water partition coefficient (Wildman–Crippen LogP) is 7.32. The number of pyridine rings is 1. The molecule has 1 saturated heterocycles. The van der Waals surface area contributed by atoms with Crippen molar-refractivity contribution >= 4 is 44.6 Å². The SMILES string of the molecule is COc1ccc2c(O[C@@H]3C[C@H]4C(=O)N[C@]5(C(=O)NS(=O)(=O)C6(CF)CC6)C[C@H]5/C=C\CC[C@@H](C)C[C@@H](C)[C@H](NC(=O)OC(C)(C)C(F)(F)F)C(=O)N4C3)nc(-c3ccc(OC(C)C)cc3)cc2c1. The summed E-state index contributed by atoms with van der Waals surface area (Å²) < 4.78 is 105. The van der Waals surface area contributed by atoms with Gasteiger partial charge in [0.2, 0.25) is 33.3 Å². The lowest BCUT2D eigenvalue weighted by Gasteiger charge is -2.34. The molecule has 7 rings (SSSR count). The highest BCUT2D eigenvalue weighted by atomic mass is 32.2. The third-order valence-corrected chi connectivity index (χ3v) is 15.5. The number of methoxy groups -OCH3 is 1. The first kappa shape index (κ1) is 50.2. The highest BCUT2D eigenvalue weighted by Gasteiger charge is 2.64. The van der Waals surface area contributed by atoms with Crippen LogP contribution in [0, 0.1) is 17.8 Å². The number of hydrogen-bond donors (Lipinski definition) is 3. The summed E-state index contributed by atoms with van der Waals surface area (Å²) in [5.74, 6) is -2.89. The van der Waals surface area contributed by atoms with Crippen molar-refractivity contribution < 1.29 is 64.1 Å². The molecule has 2 aliphatic heterocycles. The van der Waals surface area contributed by atoms with Crippen molar-refractivity contribution in [2.24, 2.45) is 17.8 Å². The highest BCUT2D eigenvalue weighted by Crippen LogP contribution is 2.48. The van der Waals surface area contributed by atoms with Gasteiger partial charge in [0.25, 0.3) is 5.91 Å². The molecule has 2 aromatic carbocycles. The lowest BCUT2D eigenvalue weighted by molar-refractivity contribution is -0.244. The number of alkyl halides is 4. The number of halogens is 4. The number of hydrogen-bond acceptors (Lipinski definition) is 11. The molecule has 3 fully saturated rings. The average Bonchev–Trinajstić information content (AvgIpc) is 4.17. The van der Waals surface area contributed by atoms with Crippen LogP contribution in [0.3, 0.4) is 0 Å². The zero-order valence-electron chi connectivity index (χ0n) is 39.1. The van der Waals surface area contributed by atoms with Crippen molar-refractivity contribution in [2.75, 3.05) is 20.3 Å². The number of nitrogens with zero attached hydrogens (tertiary/aromatic N) is 2. The van der Waals surface area contributed by atoms with Crippen LogP contribution in [0.25, 0.3) is 22.0 Å². The van der Waals surface area contributed by atoms with Gasteiger partial charge in [-0.2, -0.15) is 13.2 Å². The molecule has 4 aliphatic rings. The Balaban J connectivity index is 1.26. The third-order valence-electron chi connectivity index (χ3n) is 13.4. The first-order valence-electron chi connectivity index (χ1n) is 22.8. The summed E-state index contributed by atoms with van der Waals surface area (Å²) in [7, 11) is -2.97. The van der Waals surface area contributed by atoms with E-state index in [9.17, 15) is 40.4 Å². The normalized spacial score (nSPS) is 26.9. The molecule has 3 heterocycles. The molecular weight excluding hydrogens is 915 g/mol. The Morgan fingerprint density at radius 2 is 1.71 bits per heavy atom. The Morgan fingerprint density at radius 1 is 1.01 bits per heavy atom. The lowest BCUT2D eigenvalue weighted by atomic mass is 9.88. The van der Waals surface area contributed by atoms with Crippen LogP contribution in [0.2, 0.25) is 0 Å². The lowest BCUT2D eigenvalue weighted by Crippen LogP contribution is -2.60. The van der Waals surface area contributed by atoms with E-state index in [0.29, 0.717) is 66.6 Å². The Bertz CT molecular complexity index is 2550. The topological polar surface area (TPSA) is 192 Å². The first-order chi connectivity index (χ1) is 31.9. The van der Waals surface area contributed by atoms with Gasteiger partial charge in [-0.25, -0.2) is 22.6 Å². The Kier molecular flexibility index (Phi) is 14.1. The number of allylic oxidation sites excluding steroid dienone is 1. The standard InChI is InChI=1S/C48H59F4N5O10S/c1-27(2)65-33-14-12-30(13-15-33)37-22-31-21-34(64-7)16-17-36(31)41(53-37)66-35-23-38-40(58)55-47(43(60)56-68(62,63)46(26-49)18-19-46)24-32(47)11-9-8-10-28(3)20-29(4)39(42(59)57(38)25-35)54-44(61)67-45(5,6)48(50,51)52/h9,11-17,21-22,27-29,32,35,38-39H,8,10,18-20,23-26H2,1-7H3,(H,54,61)(H,55,58)(H,56,60)/b11-9-/t28-,29-,32-,35-,38+,39+,47-/m1/s1. The molecule has 68 heavy (non-hydrogen) atoms. The van der Waals surface area contributed by atoms with E-state index in [1.165, 1.54) is 7.11 Å². The second kappa shape index (κ2) is 19.0. The third kappa shape index (κ3) is 10.5. The van der Waals surface area contributed by atoms with Crippen molar-refractivity contribution in [3.8, 4) is 28.6 Å². The molecule has 0 bridgehead atoms. The van der Waals surface area contributed by atoms with Crippen molar-refractivity contribution in [3.63, 3.8) is 0 Å². The Labute approximate surface area is 393 Å². The summed E-state index contributed by atoms with van der Waals surface area (Å²) in [4.78, 5) is 63.3. The summed E-state index contributed by atoms with van der Waals surface area (Å²) in [6.07, 6.45) is -2.78. The van der Waals surface area contributed by atoms with Crippen molar-refractivity contribution in [1.82, 2.24) is 25.2 Å². The van der Waals surface area contributed by atoms with Crippen LogP contribution in [0.1, 0.15) is 86.5 Å². The van der Waals surface area contributed by atoms with Gasteiger partial charge >= 0.3 is 12.3 Å². The fourth-order valence-electron chi connectivity index (χ4n) is 8.90. The number of alkyl carbamates (subject to hydrolysis) is 1. The van der Waals surface area contributed by atoms with Gasteiger partial charge in [-0.05, 0) is 132 Å². The minimum atomic E-state index is -4.95. The van der Waals surface area contributed by atoms with Gasteiger partial charge in [0, 0.05) is 23.3 Å². The molecule has 4 amide bonds. The molecule has 370 valence electrons. The molecule has 0 unspecified atom stereocenters. The highest BCUT2D eigenvalue weighted by molar-refractivity contribution is 7.91. The minimum absolute atomic E-state index is 0.00580. The van der Waals surface area contributed by atoms with Gasteiger partial charge in [0.1, 0.15) is 46.6 Å². The molecule has 2 aliphatic carbocycles. The fraction of sp³-hybridized carbons (Fsp3) is 0.562. The number of ether oxygens (including phenoxy) is 4.